The van der Waals surface area contributed by atoms with Gasteiger partial charge >= 0.3 is 0 Å². The van der Waals surface area contributed by atoms with E-state index in [1.807, 2.05) is 48.5 Å². The largest absolute Gasteiger partial charge is 0.454 e. The van der Waals surface area contributed by atoms with Gasteiger partial charge in [-0.3, -0.25) is 0 Å². The van der Waals surface area contributed by atoms with E-state index in [1.165, 1.54) is 0 Å². The van der Waals surface area contributed by atoms with Crippen LogP contribution in [-0.2, 0) is 4.79 Å². The number of rotatable bonds is 4. The average Bonchev–Trinajstić information content (AvgIpc) is 2.93. The zero-order valence-corrected chi connectivity index (χ0v) is 10.4. The number of hydrogen-bond acceptors (Lipinski definition) is 3. The predicted octanol–water partition coefficient (Wildman–Crippen LogP) is 3.14. The van der Waals surface area contributed by atoms with Crippen molar-refractivity contribution in [3.05, 3.63) is 59.7 Å². The third-order valence-corrected chi connectivity index (χ3v) is 3.33. The molecule has 3 nitrogen and oxygen atoms in total. The van der Waals surface area contributed by atoms with Crippen molar-refractivity contribution < 1.29 is 14.3 Å². The highest BCUT2D eigenvalue weighted by molar-refractivity contribution is 5.55. The van der Waals surface area contributed by atoms with Gasteiger partial charge < -0.3 is 14.3 Å². The summed E-state index contributed by atoms with van der Waals surface area (Å²) < 4.78 is 10.7. The van der Waals surface area contributed by atoms with Gasteiger partial charge in [-0.25, -0.2) is 0 Å². The Labute approximate surface area is 111 Å². The molecule has 3 heteroatoms. The molecule has 96 valence electrons. The maximum absolute atomic E-state index is 10.9. The summed E-state index contributed by atoms with van der Waals surface area (Å²) in [6.07, 6.45) is 1.42. The minimum absolute atomic E-state index is 0.0631. The molecule has 0 amide bonds. The molecule has 0 fully saturated rings. The molecule has 1 unspecified atom stereocenters. The Morgan fingerprint density at radius 1 is 1.00 bits per heavy atom. The summed E-state index contributed by atoms with van der Waals surface area (Å²) in [4.78, 5) is 10.9. The van der Waals surface area contributed by atoms with Crippen LogP contribution < -0.4 is 9.47 Å². The highest BCUT2D eigenvalue weighted by Gasteiger charge is 2.18. The lowest BCUT2D eigenvalue weighted by Crippen LogP contribution is -2.01. The third-order valence-electron chi connectivity index (χ3n) is 3.33. The molecule has 0 saturated heterocycles. The molecule has 0 aromatic heterocycles. The second-order valence-electron chi connectivity index (χ2n) is 4.48. The van der Waals surface area contributed by atoms with Gasteiger partial charge in [0.05, 0.1) is 0 Å². The number of benzene rings is 2. The maximum Gasteiger partial charge on any atom is 0.231 e. The zero-order valence-electron chi connectivity index (χ0n) is 10.4. The first-order valence-electron chi connectivity index (χ1n) is 6.26. The standard InChI is InChI=1S/C16H14O3/c17-9-8-14(12-4-2-1-3-5-12)13-6-7-15-16(10-13)19-11-18-15/h1-7,9-10,14H,8,11H2. The van der Waals surface area contributed by atoms with Crippen LogP contribution in [0.3, 0.4) is 0 Å². The zero-order chi connectivity index (χ0) is 13.1. The van der Waals surface area contributed by atoms with Crippen LogP contribution in [0, 0.1) is 0 Å². The van der Waals surface area contributed by atoms with Gasteiger partial charge in [-0.15, -0.1) is 0 Å². The molecule has 1 aliphatic heterocycles. The number of aldehydes is 1. The van der Waals surface area contributed by atoms with Crippen molar-refractivity contribution in [2.45, 2.75) is 12.3 Å². The summed E-state index contributed by atoms with van der Waals surface area (Å²) in [6.45, 7) is 0.266. The van der Waals surface area contributed by atoms with Crippen LogP contribution in [0.25, 0.3) is 0 Å². The fourth-order valence-electron chi connectivity index (χ4n) is 2.38. The lowest BCUT2D eigenvalue weighted by atomic mass is 9.89. The fourth-order valence-corrected chi connectivity index (χ4v) is 2.38. The van der Waals surface area contributed by atoms with Crippen LogP contribution in [0.4, 0.5) is 0 Å². The van der Waals surface area contributed by atoms with Gasteiger partial charge in [0, 0.05) is 12.3 Å². The Hall–Kier alpha value is -2.29. The number of carbonyl (C=O) groups is 1. The second kappa shape index (κ2) is 5.14. The van der Waals surface area contributed by atoms with E-state index in [4.69, 9.17) is 9.47 Å². The van der Waals surface area contributed by atoms with Gasteiger partial charge in [0.2, 0.25) is 6.79 Å². The Bertz CT molecular complexity index is 578. The minimum atomic E-state index is 0.0631. The Kier molecular flexibility index (Phi) is 3.19. The number of carbonyl (C=O) groups excluding carboxylic acids is 1. The Morgan fingerprint density at radius 3 is 2.58 bits per heavy atom. The molecule has 1 atom stereocenters. The molecule has 0 radical (unpaired) electrons. The molecule has 19 heavy (non-hydrogen) atoms. The summed E-state index contributed by atoms with van der Waals surface area (Å²) in [6, 6.07) is 15.9. The van der Waals surface area contributed by atoms with Crippen molar-refractivity contribution in [3.8, 4) is 11.5 Å². The number of fused-ring (bicyclic) bond motifs is 1. The number of ether oxygens (including phenoxy) is 2. The molecule has 2 aromatic carbocycles. The van der Waals surface area contributed by atoms with Gasteiger partial charge in [-0.2, -0.15) is 0 Å². The van der Waals surface area contributed by atoms with Crippen LogP contribution in [0.2, 0.25) is 0 Å². The summed E-state index contributed by atoms with van der Waals surface area (Å²) in [5, 5.41) is 0. The fraction of sp³-hybridized carbons (Fsp3) is 0.188. The van der Waals surface area contributed by atoms with Gasteiger partial charge in [0.1, 0.15) is 6.29 Å². The summed E-state index contributed by atoms with van der Waals surface area (Å²) in [5.74, 6) is 1.58. The molecule has 0 spiro atoms. The molecule has 0 saturated carbocycles. The van der Waals surface area contributed by atoms with E-state index >= 15 is 0 Å². The van der Waals surface area contributed by atoms with Gasteiger partial charge in [-0.1, -0.05) is 36.4 Å². The Balaban J connectivity index is 1.98. The second-order valence-corrected chi connectivity index (χ2v) is 4.48. The van der Waals surface area contributed by atoms with Gasteiger partial charge in [0.15, 0.2) is 11.5 Å². The smallest absolute Gasteiger partial charge is 0.231 e. The molecular weight excluding hydrogens is 240 g/mol. The van der Waals surface area contributed by atoms with E-state index in [1.54, 1.807) is 0 Å². The molecule has 1 aliphatic rings. The molecule has 3 rings (SSSR count). The van der Waals surface area contributed by atoms with Gasteiger partial charge in [-0.05, 0) is 23.3 Å². The lowest BCUT2D eigenvalue weighted by Gasteiger charge is -2.15. The van der Waals surface area contributed by atoms with E-state index in [-0.39, 0.29) is 12.7 Å². The topological polar surface area (TPSA) is 35.5 Å². The minimum Gasteiger partial charge on any atom is -0.454 e. The van der Waals surface area contributed by atoms with Crippen LogP contribution in [0.5, 0.6) is 11.5 Å². The normalized spacial score (nSPS) is 14.1. The molecule has 2 aromatic rings. The molecule has 1 heterocycles. The van der Waals surface area contributed by atoms with Crippen molar-refractivity contribution in [3.63, 3.8) is 0 Å². The van der Waals surface area contributed by atoms with Crippen LogP contribution in [0.15, 0.2) is 48.5 Å². The van der Waals surface area contributed by atoms with Crippen molar-refractivity contribution in [1.82, 2.24) is 0 Å². The molecule has 0 N–H and O–H groups in total. The summed E-state index contributed by atoms with van der Waals surface area (Å²) >= 11 is 0. The summed E-state index contributed by atoms with van der Waals surface area (Å²) in [7, 11) is 0. The highest BCUT2D eigenvalue weighted by atomic mass is 16.7. The number of hydrogen-bond donors (Lipinski definition) is 0. The van der Waals surface area contributed by atoms with Gasteiger partial charge in [0.25, 0.3) is 0 Å². The van der Waals surface area contributed by atoms with Crippen molar-refractivity contribution in [2.24, 2.45) is 0 Å². The first kappa shape index (κ1) is 11.8. The predicted molar refractivity (Wildman–Crippen MR) is 71.5 cm³/mol. The molecular formula is C16H14O3. The molecule has 0 aliphatic carbocycles. The first-order chi connectivity index (χ1) is 9.38. The van der Waals surface area contributed by atoms with E-state index in [0.29, 0.717) is 6.42 Å². The first-order valence-corrected chi connectivity index (χ1v) is 6.26. The average molecular weight is 254 g/mol. The quantitative estimate of drug-likeness (QED) is 0.786. The van der Waals surface area contributed by atoms with Crippen LogP contribution >= 0.6 is 0 Å². The third kappa shape index (κ3) is 2.32. The molecule has 0 bridgehead atoms. The van der Waals surface area contributed by atoms with E-state index < -0.39 is 0 Å². The van der Waals surface area contributed by atoms with E-state index in [0.717, 1.165) is 28.9 Å². The van der Waals surface area contributed by atoms with E-state index in [9.17, 15) is 4.79 Å². The summed E-state index contributed by atoms with van der Waals surface area (Å²) in [5.41, 5.74) is 2.20. The van der Waals surface area contributed by atoms with Crippen molar-refractivity contribution in [2.75, 3.05) is 6.79 Å². The van der Waals surface area contributed by atoms with Crippen molar-refractivity contribution >= 4 is 6.29 Å². The van der Waals surface area contributed by atoms with Crippen molar-refractivity contribution in [1.29, 1.82) is 0 Å². The van der Waals surface area contributed by atoms with Crippen LogP contribution in [-0.4, -0.2) is 13.1 Å². The monoisotopic (exact) mass is 254 g/mol. The van der Waals surface area contributed by atoms with E-state index in [2.05, 4.69) is 0 Å². The van der Waals surface area contributed by atoms with Crippen LogP contribution in [0.1, 0.15) is 23.5 Å². The Morgan fingerprint density at radius 2 is 1.79 bits per heavy atom. The maximum atomic E-state index is 10.9. The SMILES string of the molecule is O=CCC(c1ccccc1)c1ccc2c(c1)OCO2. The highest BCUT2D eigenvalue weighted by Crippen LogP contribution is 2.37. The lowest BCUT2D eigenvalue weighted by molar-refractivity contribution is -0.108.